The van der Waals surface area contributed by atoms with E-state index in [1.54, 1.807) is 0 Å². The molecule has 0 radical (unpaired) electrons. The molecule has 1 atom stereocenters. The SMILES string of the molecule is Cc1cc(Cl)c(C(N)c2ccc(C(C)(C)C)cc2)cc1C. The van der Waals surface area contributed by atoms with E-state index in [1.807, 2.05) is 6.07 Å². The van der Waals surface area contributed by atoms with E-state index in [0.29, 0.717) is 0 Å². The molecule has 0 aliphatic carbocycles. The molecule has 0 fully saturated rings. The summed E-state index contributed by atoms with van der Waals surface area (Å²) in [5.41, 5.74) is 12.4. The van der Waals surface area contributed by atoms with Gasteiger partial charge in [-0.15, -0.1) is 0 Å². The number of hydrogen-bond donors (Lipinski definition) is 1. The fraction of sp³-hybridized carbons (Fsp3) is 0.368. The number of benzene rings is 2. The first-order chi connectivity index (χ1) is 9.70. The van der Waals surface area contributed by atoms with E-state index < -0.39 is 0 Å². The second kappa shape index (κ2) is 5.82. The standard InChI is InChI=1S/C19H24ClN/c1-12-10-16(17(20)11-13(12)2)18(21)14-6-8-15(9-7-14)19(3,4)5/h6-11,18H,21H2,1-5H3. The minimum Gasteiger partial charge on any atom is -0.320 e. The lowest BCUT2D eigenvalue weighted by molar-refractivity contribution is 0.589. The number of rotatable bonds is 2. The summed E-state index contributed by atoms with van der Waals surface area (Å²) in [4.78, 5) is 0. The van der Waals surface area contributed by atoms with Gasteiger partial charge in [0.25, 0.3) is 0 Å². The van der Waals surface area contributed by atoms with E-state index in [0.717, 1.165) is 16.1 Å². The average Bonchev–Trinajstić information content (AvgIpc) is 2.41. The molecule has 2 aromatic carbocycles. The molecule has 0 aliphatic heterocycles. The molecule has 21 heavy (non-hydrogen) atoms. The lowest BCUT2D eigenvalue weighted by Gasteiger charge is -2.21. The Labute approximate surface area is 133 Å². The highest BCUT2D eigenvalue weighted by Gasteiger charge is 2.16. The Hall–Kier alpha value is -1.31. The normalized spacial score (nSPS) is 13.3. The van der Waals surface area contributed by atoms with Gasteiger partial charge in [0.2, 0.25) is 0 Å². The quantitative estimate of drug-likeness (QED) is 0.800. The number of aryl methyl sites for hydroxylation is 2. The van der Waals surface area contributed by atoms with Gasteiger partial charge >= 0.3 is 0 Å². The topological polar surface area (TPSA) is 26.0 Å². The van der Waals surface area contributed by atoms with Crippen molar-refractivity contribution in [2.45, 2.75) is 46.1 Å². The predicted octanol–water partition coefficient (Wildman–Crippen LogP) is 5.30. The molecule has 112 valence electrons. The van der Waals surface area contributed by atoms with Crippen molar-refractivity contribution in [2.75, 3.05) is 0 Å². The highest BCUT2D eigenvalue weighted by molar-refractivity contribution is 6.31. The highest BCUT2D eigenvalue weighted by Crippen LogP contribution is 2.30. The van der Waals surface area contributed by atoms with Crippen LogP contribution in [0.4, 0.5) is 0 Å². The van der Waals surface area contributed by atoms with E-state index in [9.17, 15) is 0 Å². The Kier molecular flexibility index (Phi) is 4.46. The molecule has 0 aliphatic rings. The third-order valence-corrected chi connectivity index (χ3v) is 4.41. The molecule has 0 spiro atoms. The molecule has 0 aromatic heterocycles. The summed E-state index contributed by atoms with van der Waals surface area (Å²) in [6.07, 6.45) is 0. The van der Waals surface area contributed by atoms with Gasteiger partial charge in [0.05, 0.1) is 6.04 Å². The number of nitrogens with two attached hydrogens (primary N) is 1. The van der Waals surface area contributed by atoms with Gasteiger partial charge in [0.1, 0.15) is 0 Å². The first-order valence-electron chi connectivity index (χ1n) is 7.33. The summed E-state index contributed by atoms with van der Waals surface area (Å²) in [6, 6.07) is 12.4. The van der Waals surface area contributed by atoms with Crippen molar-refractivity contribution in [3.05, 3.63) is 69.2 Å². The van der Waals surface area contributed by atoms with Crippen LogP contribution in [0.1, 0.15) is 54.6 Å². The fourth-order valence-corrected chi connectivity index (χ4v) is 2.75. The average molecular weight is 302 g/mol. The van der Waals surface area contributed by atoms with Crippen LogP contribution in [0.25, 0.3) is 0 Å². The second-order valence-electron chi connectivity index (χ2n) is 6.81. The van der Waals surface area contributed by atoms with Crippen molar-refractivity contribution in [3.63, 3.8) is 0 Å². The first-order valence-corrected chi connectivity index (χ1v) is 7.70. The van der Waals surface area contributed by atoms with Crippen molar-refractivity contribution in [1.82, 2.24) is 0 Å². The summed E-state index contributed by atoms with van der Waals surface area (Å²) >= 11 is 6.37. The monoisotopic (exact) mass is 301 g/mol. The van der Waals surface area contributed by atoms with Crippen molar-refractivity contribution in [3.8, 4) is 0 Å². The maximum Gasteiger partial charge on any atom is 0.0566 e. The Morgan fingerprint density at radius 1 is 0.952 bits per heavy atom. The van der Waals surface area contributed by atoms with Crippen LogP contribution >= 0.6 is 11.6 Å². The van der Waals surface area contributed by atoms with E-state index >= 15 is 0 Å². The molecule has 0 heterocycles. The smallest absolute Gasteiger partial charge is 0.0566 e. The van der Waals surface area contributed by atoms with Crippen LogP contribution in [0.15, 0.2) is 36.4 Å². The molecular weight excluding hydrogens is 278 g/mol. The summed E-state index contributed by atoms with van der Waals surface area (Å²) < 4.78 is 0. The Morgan fingerprint density at radius 3 is 2.00 bits per heavy atom. The Bertz CT molecular complexity index is 636. The van der Waals surface area contributed by atoms with Crippen molar-refractivity contribution in [1.29, 1.82) is 0 Å². The molecule has 0 bridgehead atoms. The van der Waals surface area contributed by atoms with Gasteiger partial charge in [-0.2, -0.15) is 0 Å². The van der Waals surface area contributed by atoms with E-state index in [1.165, 1.54) is 16.7 Å². The molecule has 2 N–H and O–H groups in total. The summed E-state index contributed by atoms with van der Waals surface area (Å²) in [6.45, 7) is 10.8. The zero-order valence-electron chi connectivity index (χ0n) is 13.5. The number of halogens is 1. The van der Waals surface area contributed by atoms with Gasteiger partial charge in [-0.05, 0) is 53.1 Å². The summed E-state index contributed by atoms with van der Waals surface area (Å²) in [7, 11) is 0. The van der Waals surface area contributed by atoms with Crippen LogP contribution in [0, 0.1) is 13.8 Å². The summed E-state index contributed by atoms with van der Waals surface area (Å²) in [5, 5.41) is 0.741. The summed E-state index contributed by atoms with van der Waals surface area (Å²) in [5.74, 6) is 0. The minimum absolute atomic E-state index is 0.153. The molecule has 1 nitrogen and oxygen atoms in total. The van der Waals surface area contributed by atoms with E-state index in [4.69, 9.17) is 17.3 Å². The lowest BCUT2D eigenvalue weighted by Crippen LogP contribution is -2.15. The molecule has 0 saturated carbocycles. The Morgan fingerprint density at radius 2 is 1.48 bits per heavy atom. The molecule has 2 heteroatoms. The van der Waals surface area contributed by atoms with Gasteiger partial charge in [-0.3, -0.25) is 0 Å². The molecular formula is C19H24ClN. The maximum absolute atomic E-state index is 6.41. The first kappa shape index (κ1) is 16.1. The van der Waals surface area contributed by atoms with Crippen molar-refractivity contribution in [2.24, 2.45) is 5.73 Å². The van der Waals surface area contributed by atoms with Crippen LogP contribution in [-0.2, 0) is 5.41 Å². The molecule has 2 aromatic rings. The molecule has 0 saturated heterocycles. The van der Waals surface area contributed by atoms with Crippen molar-refractivity contribution < 1.29 is 0 Å². The van der Waals surface area contributed by atoms with Crippen LogP contribution in [0.3, 0.4) is 0 Å². The minimum atomic E-state index is -0.189. The zero-order chi connectivity index (χ0) is 15.8. The maximum atomic E-state index is 6.41. The molecule has 0 amide bonds. The van der Waals surface area contributed by atoms with Gasteiger partial charge < -0.3 is 5.73 Å². The van der Waals surface area contributed by atoms with Crippen LogP contribution < -0.4 is 5.73 Å². The molecule has 2 rings (SSSR count). The molecule has 1 unspecified atom stereocenters. The fourth-order valence-electron chi connectivity index (χ4n) is 2.41. The van der Waals surface area contributed by atoms with Crippen LogP contribution in [-0.4, -0.2) is 0 Å². The van der Waals surface area contributed by atoms with Gasteiger partial charge in [-0.25, -0.2) is 0 Å². The van der Waals surface area contributed by atoms with Crippen molar-refractivity contribution >= 4 is 11.6 Å². The number of hydrogen-bond acceptors (Lipinski definition) is 1. The predicted molar refractivity (Wildman–Crippen MR) is 92.1 cm³/mol. The van der Waals surface area contributed by atoms with E-state index in [-0.39, 0.29) is 11.5 Å². The second-order valence-corrected chi connectivity index (χ2v) is 7.21. The van der Waals surface area contributed by atoms with E-state index in [2.05, 4.69) is 65.0 Å². The zero-order valence-corrected chi connectivity index (χ0v) is 14.3. The highest BCUT2D eigenvalue weighted by atomic mass is 35.5. The Balaban J connectivity index is 2.36. The van der Waals surface area contributed by atoms with Crippen LogP contribution in [0.2, 0.25) is 5.02 Å². The lowest BCUT2D eigenvalue weighted by atomic mass is 9.85. The largest absolute Gasteiger partial charge is 0.320 e. The van der Waals surface area contributed by atoms with Gasteiger partial charge in [0.15, 0.2) is 0 Å². The van der Waals surface area contributed by atoms with Gasteiger partial charge in [0, 0.05) is 5.02 Å². The van der Waals surface area contributed by atoms with Gasteiger partial charge in [-0.1, -0.05) is 62.7 Å². The third kappa shape index (κ3) is 3.48. The third-order valence-electron chi connectivity index (χ3n) is 4.08. The van der Waals surface area contributed by atoms with Crippen LogP contribution in [0.5, 0.6) is 0 Å².